The number of nitrogens with zero attached hydrogens (tertiary/aromatic N) is 2. The van der Waals surface area contributed by atoms with E-state index in [0.29, 0.717) is 6.04 Å². The number of thiazole rings is 1. The van der Waals surface area contributed by atoms with Gasteiger partial charge in [-0.2, -0.15) is 0 Å². The van der Waals surface area contributed by atoms with E-state index < -0.39 is 0 Å². The molecule has 0 unspecified atom stereocenters. The summed E-state index contributed by atoms with van der Waals surface area (Å²) in [5.74, 6) is 0.885. The first-order chi connectivity index (χ1) is 10.7. The summed E-state index contributed by atoms with van der Waals surface area (Å²) in [5, 5.41) is 17.5. The Morgan fingerprint density at radius 2 is 2.14 bits per heavy atom. The number of hydrogen-bond donors (Lipinski definition) is 3. The van der Waals surface area contributed by atoms with Crippen molar-refractivity contribution in [2.45, 2.75) is 64.5 Å². The largest absolute Gasteiger partial charge is 0.393 e. The molecule has 3 N–H and O–H groups in total. The van der Waals surface area contributed by atoms with E-state index in [1.54, 1.807) is 11.3 Å². The highest BCUT2D eigenvalue weighted by Crippen LogP contribution is 2.18. The summed E-state index contributed by atoms with van der Waals surface area (Å²) >= 11 is 1.78. The third kappa shape index (κ3) is 5.57. The lowest BCUT2D eigenvalue weighted by molar-refractivity contribution is 0.120. The highest BCUT2D eigenvalue weighted by atomic mass is 32.1. The van der Waals surface area contributed by atoms with Crippen molar-refractivity contribution in [2.75, 3.05) is 13.1 Å². The molecule has 0 atom stereocenters. The van der Waals surface area contributed by atoms with Gasteiger partial charge in [0, 0.05) is 36.6 Å². The Bertz CT molecular complexity index is 466. The number of aromatic nitrogens is 1. The molecule has 0 amide bonds. The topological polar surface area (TPSA) is 69.5 Å². The first kappa shape index (κ1) is 17.2. The normalized spacial score (nSPS) is 22.6. The molecule has 1 aliphatic carbocycles. The maximum atomic E-state index is 9.57. The second-order valence-electron chi connectivity index (χ2n) is 5.73. The van der Waals surface area contributed by atoms with Crippen molar-refractivity contribution in [2.24, 2.45) is 4.99 Å². The van der Waals surface area contributed by atoms with Gasteiger partial charge in [0.1, 0.15) is 0 Å². The minimum Gasteiger partial charge on any atom is -0.393 e. The molecule has 6 heteroatoms. The molecule has 1 aliphatic rings. The van der Waals surface area contributed by atoms with Gasteiger partial charge in [-0.05, 0) is 39.0 Å². The predicted octanol–water partition coefficient (Wildman–Crippen LogP) is 2.11. The second kappa shape index (κ2) is 9.10. The van der Waals surface area contributed by atoms with Crippen LogP contribution in [0.1, 0.15) is 49.4 Å². The standard InChI is InChI=1S/C16H28N4OS/c1-3-14-11-19-15(22-14)9-10-18-16(17-4-2)20-12-5-7-13(21)8-6-12/h11-13,21H,3-10H2,1-2H3,(H2,17,18,20). The molecule has 1 heterocycles. The SMILES string of the molecule is CCNC(=NCCc1ncc(CC)s1)NC1CCC(O)CC1. The molecule has 124 valence electrons. The van der Waals surface area contributed by atoms with Gasteiger partial charge in [-0.25, -0.2) is 4.98 Å². The van der Waals surface area contributed by atoms with Crippen LogP contribution < -0.4 is 10.6 Å². The van der Waals surface area contributed by atoms with Crippen molar-refractivity contribution in [3.63, 3.8) is 0 Å². The molecule has 1 aromatic rings. The van der Waals surface area contributed by atoms with Gasteiger partial charge in [-0.1, -0.05) is 6.92 Å². The molecule has 0 radical (unpaired) electrons. The van der Waals surface area contributed by atoms with E-state index in [4.69, 9.17) is 0 Å². The van der Waals surface area contributed by atoms with Crippen LogP contribution in [-0.2, 0) is 12.8 Å². The predicted molar refractivity (Wildman–Crippen MR) is 92.6 cm³/mol. The summed E-state index contributed by atoms with van der Waals surface area (Å²) in [7, 11) is 0. The van der Waals surface area contributed by atoms with Crippen molar-refractivity contribution in [3.05, 3.63) is 16.1 Å². The number of aliphatic hydroxyl groups is 1. The maximum Gasteiger partial charge on any atom is 0.191 e. The Labute approximate surface area is 137 Å². The number of rotatable bonds is 6. The zero-order valence-corrected chi connectivity index (χ0v) is 14.5. The molecule has 22 heavy (non-hydrogen) atoms. The molecular weight excluding hydrogens is 296 g/mol. The summed E-state index contributed by atoms with van der Waals surface area (Å²) in [6.07, 6.45) is 7.60. The van der Waals surface area contributed by atoms with E-state index in [2.05, 4.69) is 34.5 Å². The molecule has 0 spiro atoms. The average Bonchev–Trinajstić information content (AvgIpc) is 2.98. The minimum absolute atomic E-state index is 0.116. The minimum atomic E-state index is -0.116. The highest BCUT2D eigenvalue weighted by Gasteiger charge is 2.19. The van der Waals surface area contributed by atoms with Crippen LogP contribution in [0.2, 0.25) is 0 Å². The number of guanidine groups is 1. The zero-order chi connectivity index (χ0) is 15.8. The van der Waals surface area contributed by atoms with E-state index in [1.165, 1.54) is 4.88 Å². The number of aryl methyl sites for hydroxylation is 1. The zero-order valence-electron chi connectivity index (χ0n) is 13.6. The lowest BCUT2D eigenvalue weighted by Crippen LogP contribution is -2.45. The summed E-state index contributed by atoms with van der Waals surface area (Å²) in [4.78, 5) is 10.4. The lowest BCUT2D eigenvalue weighted by atomic mass is 9.93. The van der Waals surface area contributed by atoms with Gasteiger partial charge in [-0.15, -0.1) is 11.3 Å². The van der Waals surface area contributed by atoms with Crippen LogP contribution in [0.4, 0.5) is 0 Å². The first-order valence-corrected chi connectivity index (χ1v) is 9.19. The van der Waals surface area contributed by atoms with Gasteiger partial charge < -0.3 is 15.7 Å². The Morgan fingerprint density at radius 1 is 1.36 bits per heavy atom. The Balaban J connectivity index is 1.81. The number of nitrogens with one attached hydrogen (secondary N) is 2. The van der Waals surface area contributed by atoms with Gasteiger partial charge in [0.05, 0.1) is 11.1 Å². The molecule has 5 nitrogen and oxygen atoms in total. The van der Waals surface area contributed by atoms with E-state index in [1.807, 2.05) is 6.20 Å². The van der Waals surface area contributed by atoms with Crippen LogP contribution in [0.5, 0.6) is 0 Å². The van der Waals surface area contributed by atoms with Crippen LogP contribution >= 0.6 is 11.3 Å². The van der Waals surface area contributed by atoms with Crippen LogP contribution in [0, 0.1) is 0 Å². The molecule has 1 saturated carbocycles. The molecule has 1 fully saturated rings. The van der Waals surface area contributed by atoms with Gasteiger partial charge in [0.25, 0.3) is 0 Å². The van der Waals surface area contributed by atoms with Gasteiger partial charge in [0.2, 0.25) is 0 Å². The average molecular weight is 324 g/mol. The molecule has 0 saturated heterocycles. The van der Waals surface area contributed by atoms with Crippen LogP contribution in [0.3, 0.4) is 0 Å². The fourth-order valence-corrected chi connectivity index (χ4v) is 3.48. The Kier molecular flexibility index (Phi) is 7.12. The molecular formula is C16H28N4OS. The smallest absolute Gasteiger partial charge is 0.191 e. The van der Waals surface area contributed by atoms with E-state index in [9.17, 15) is 5.11 Å². The Morgan fingerprint density at radius 3 is 2.77 bits per heavy atom. The van der Waals surface area contributed by atoms with Gasteiger partial charge >= 0.3 is 0 Å². The number of hydrogen-bond acceptors (Lipinski definition) is 4. The van der Waals surface area contributed by atoms with Crippen LogP contribution in [0.15, 0.2) is 11.2 Å². The maximum absolute atomic E-state index is 9.57. The number of aliphatic hydroxyl groups excluding tert-OH is 1. The fraction of sp³-hybridized carbons (Fsp3) is 0.750. The monoisotopic (exact) mass is 324 g/mol. The van der Waals surface area contributed by atoms with E-state index >= 15 is 0 Å². The van der Waals surface area contributed by atoms with Crippen molar-refractivity contribution in [3.8, 4) is 0 Å². The molecule has 1 aromatic heterocycles. The first-order valence-electron chi connectivity index (χ1n) is 8.37. The molecule has 0 aliphatic heterocycles. The number of aliphatic imine (C=N–C) groups is 1. The third-order valence-corrected chi connectivity index (χ3v) is 5.13. The van der Waals surface area contributed by atoms with Gasteiger partial charge in [-0.3, -0.25) is 4.99 Å². The summed E-state index contributed by atoms with van der Waals surface area (Å²) in [6.45, 7) is 5.85. The van der Waals surface area contributed by atoms with E-state index in [0.717, 1.165) is 62.6 Å². The Hall–Kier alpha value is -1.14. The molecule has 2 rings (SSSR count). The second-order valence-corrected chi connectivity index (χ2v) is 6.93. The van der Waals surface area contributed by atoms with Crippen LogP contribution in [0.25, 0.3) is 0 Å². The fourth-order valence-electron chi connectivity index (χ4n) is 2.62. The van der Waals surface area contributed by atoms with Crippen molar-refractivity contribution in [1.82, 2.24) is 15.6 Å². The lowest BCUT2D eigenvalue weighted by Gasteiger charge is -2.27. The highest BCUT2D eigenvalue weighted by molar-refractivity contribution is 7.11. The van der Waals surface area contributed by atoms with Crippen molar-refractivity contribution in [1.29, 1.82) is 0 Å². The summed E-state index contributed by atoms with van der Waals surface area (Å²) < 4.78 is 0. The quantitative estimate of drug-likeness (QED) is 0.554. The van der Waals surface area contributed by atoms with Crippen molar-refractivity contribution < 1.29 is 5.11 Å². The molecule has 0 aromatic carbocycles. The summed E-state index contributed by atoms with van der Waals surface area (Å²) in [5.41, 5.74) is 0. The third-order valence-electron chi connectivity index (χ3n) is 3.93. The summed E-state index contributed by atoms with van der Waals surface area (Å²) in [6, 6.07) is 0.424. The van der Waals surface area contributed by atoms with E-state index in [-0.39, 0.29) is 6.10 Å². The van der Waals surface area contributed by atoms with Crippen molar-refractivity contribution >= 4 is 17.3 Å². The molecule has 0 bridgehead atoms. The van der Waals surface area contributed by atoms with Gasteiger partial charge in [0.15, 0.2) is 5.96 Å². The van der Waals surface area contributed by atoms with Crippen LogP contribution in [-0.4, -0.2) is 41.3 Å².